The molecule has 0 aliphatic carbocycles. The van der Waals surface area contributed by atoms with Crippen LogP contribution in [0.5, 0.6) is 0 Å². The molecule has 0 saturated carbocycles. The minimum Gasteiger partial charge on any atom is -0.399 e. The van der Waals surface area contributed by atoms with Gasteiger partial charge < -0.3 is 20.9 Å². The lowest BCUT2D eigenvalue weighted by atomic mass is 10.1. The number of benzene rings is 10. The van der Waals surface area contributed by atoms with E-state index in [1.807, 2.05) is 78.9 Å². The first kappa shape index (κ1) is 43.5. The van der Waals surface area contributed by atoms with Crippen molar-refractivity contribution in [3.8, 4) is 22.3 Å². The summed E-state index contributed by atoms with van der Waals surface area (Å²) in [6, 6.07) is 95.6. The summed E-state index contributed by atoms with van der Waals surface area (Å²) in [5.41, 5.74) is 20.4. The van der Waals surface area contributed by atoms with Crippen LogP contribution in [0, 0.1) is 0 Å². The Hall–Kier alpha value is -8.12. The van der Waals surface area contributed by atoms with Gasteiger partial charge in [-0.2, -0.15) is 0 Å². The average molecular weight is 906 g/mol. The third-order valence-corrected chi connectivity index (χ3v) is 11.1. The van der Waals surface area contributed by atoms with Crippen molar-refractivity contribution in [3.63, 3.8) is 0 Å². The lowest BCUT2D eigenvalue weighted by Crippen LogP contribution is -2.09. The van der Waals surface area contributed by atoms with Gasteiger partial charge in [0.2, 0.25) is 0 Å². The maximum Gasteiger partial charge on any atom is 0.0482 e. The minimum absolute atomic E-state index is 0.763. The Morgan fingerprint density at radius 1 is 0.277 bits per heavy atom. The number of hydrogen-bond acceptors (Lipinski definition) is 4. The minimum atomic E-state index is 0.763. The lowest BCUT2D eigenvalue weighted by molar-refractivity contribution is 1.28. The number of para-hydroxylation sites is 4. The highest BCUT2D eigenvalue weighted by atomic mass is 79.9. The first-order chi connectivity index (χ1) is 32.1. The Balaban J connectivity index is 0.000000148. The van der Waals surface area contributed by atoms with Crippen LogP contribution in [0.4, 0.5) is 51.2 Å². The van der Waals surface area contributed by atoms with Gasteiger partial charge in [-0.3, -0.25) is 0 Å². The number of anilines is 9. The van der Waals surface area contributed by atoms with Crippen molar-refractivity contribution in [2.45, 2.75) is 0 Å². The van der Waals surface area contributed by atoms with E-state index in [0.717, 1.165) is 55.7 Å². The summed E-state index contributed by atoms with van der Waals surface area (Å²) >= 11 is 3.42. The molecule has 0 aliphatic heterocycles. The van der Waals surface area contributed by atoms with Crippen LogP contribution in [0.25, 0.3) is 22.3 Å². The molecule has 0 bridgehead atoms. The second kappa shape index (κ2) is 22.3. The molecular formula is C60H49BrN4. The van der Waals surface area contributed by atoms with Gasteiger partial charge in [-0.1, -0.05) is 186 Å². The molecule has 0 aliphatic rings. The molecule has 0 saturated heterocycles. The summed E-state index contributed by atoms with van der Waals surface area (Å²) in [6.45, 7) is 0. The topological polar surface area (TPSA) is 44.5 Å². The van der Waals surface area contributed by atoms with Crippen LogP contribution in [0.1, 0.15) is 0 Å². The number of nitrogens with zero attached hydrogens (tertiary/aromatic N) is 2. The molecule has 0 spiro atoms. The molecule has 10 aromatic carbocycles. The van der Waals surface area contributed by atoms with Crippen molar-refractivity contribution >= 4 is 67.1 Å². The van der Waals surface area contributed by atoms with Crippen molar-refractivity contribution in [1.29, 1.82) is 0 Å². The van der Waals surface area contributed by atoms with Crippen molar-refractivity contribution < 1.29 is 0 Å². The van der Waals surface area contributed by atoms with Crippen LogP contribution in [0.2, 0.25) is 0 Å². The molecule has 10 rings (SSSR count). The van der Waals surface area contributed by atoms with Crippen LogP contribution in [0.3, 0.4) is 0 Å². The first-order valence-electron chi connectivity index (χ1n) is 21.6. The van der Waals surface area contributed by atoms with Crippen molar-refractivity contribution in [1.82, 2.24) is 0 Å². The van der Waals surface area contributed by atoms with Gasteiger partial charge >= 0.3 is 0 Å². The largest absolute Gasteiger partial charge is 0.399 e. The molecule has 0 radical (unpaired) electrons. The van der Waals surface area contributed by atoms with E-state index in [1.54, 1.807) is 0 Å². The van der Waals surface area contributed by atoms with Crippen molar-refractivity contribution in [2.75, 3.05) is 20.9 Å². The van der Waals surface area contributed by atoms with E-state index >= 15 is 0 Å². The predicted molar refractivity (Wildman–Crippen MR) is 281 cm³/mol. The predicted octanol–water partition coefficient (Wildman–Crippen LogP) is 17.4. The summed E-state index contributed by atoms with van der Waals surface area (Å²) in [5, 5.41) is 3.55. The second-order valence-corrected chi connectivity index (χ2v) is 16.0. The average Bonchev–Trinajstić information content (AvgIpc) is 3.37. The van der Waals surface area contributed by atoms with Crippen LogP contribution < -0.4 is 20.9 Å². The molecule has 0 amide bonds. The second-order valence-electron chi connectivity index (χ2n) is 15.1. The maximum absolute atomic E-state index is 5.93. The number of nitrogen functional groups attached to an aromatic ring is 1. The quantitative estimate of drug-likeness (QED) is 0.134. The van der Waals surface area contributed by atoms with E-state index in [2.05, 4.69) is 231 Å². The number of nitrogens with one attached hydrogen (secondary N) is 1. The highest BCUT2D eigenvalue weighted by Gasteiger charge is 2.13. The Kier molecular flexibility index (Phi) is 14.9. The Morgan fingerprint density at radius 2 is 0.600 bits per heavy atom. The normalized spacial score (nSPS) is 10.3. The number of hydrogen-bond donors (Lipinski definition) is 2. The highest BCUT2D eigenvalue weighted by Crippen LogP contribution is 2.37. The zero-order valence-corrected chi connectivity index (χ0v) is 37.5. The van der Waals surface area contributed by atoms with Gasteiger partial charge in [-0.05, 0) is 131 Å². The highest BCUT2D eigenvalue weighted by molar-refractivity contribution is 9.10. The van der Waals surface area contributed by atoms with Crippen LogP contribution in [-0.4, -0.2) is 0 Å². The monoisotopic (exact) mass is 904 g/mol. The van der Waals surface area contributed by atoms with Gasteiger partial charge in [-0.15, -0.1) is 0 Å². The van der Waals surface area contributed by atoms with Gasteiger partial charge in [-0.25, -0.2) is 0 Å². The fourth-order valence-corrected chi connectivity index (χ4v) is 7.67. The zero-order valence-electron chi connectivity index (χ0n) is 35.9. The van der Waals surface area contributed by atoms with Gasteiger partial charge in [0.25, 0.3) is 0 Å². The van der Waals surface area contributed by atoms with Gasteiger partial charge in [0.05, 0.1) is 0 Å². The third kappa shape index (κ3) is 12.1. The van der Waals surface area contributed by atoms with E-state index in [1.165, 1.54) is 22.3 Å². The van der Waals surface area contributed by atoms with Gasteiger partial charge in [0.15, 0.2) is 0 Å². The summed E-state index contributed by atoms with van der Waals surface area (Å²) in [6.07, 6.45) is 0. The fourth-order valence-electron chi connectivity index (χ4n) is 7.41. The molecule has 5 heteroatoms. The Morgan fingerprint density at radius 3 is 1.00 bits per heavy atom. The van der Waals surface area contributed by atoms with E-state index < -0.39 is 0 Å². The van der Waals surface area contributed by atoms with Gasteiger partial charge in [0, 0.05) is 55.7 Å². The smallest absolute Gasteiger partial charge is 0.0482 e. The molecule has 316 valence electrons. The SMILES string of the molecule is Brc1ccc(-c2ccccc2)cc1.Nc1cccc(N(c2ccccc2)c2ccccc2)c1.c1ccc(-c2ccc(Nc3cccc(N(c4ccccc4)c4ccccc4)c3)cc2)cc1. The standard InChI is InChI=1S/C30H24N2.C18H16N2.C12H9Br/c1-4-11-24(12-5-1)25-19-21-26(22-20-25)31-27-13-10-18-30(23-27)32(28-14-6-2-7-15-28)29-16-8-3-9-17-29;19-15-8-7-13-18(14-15)20(16-9-3-1-4-10-16)17-11-5-2-6-12-17;13-12-8-6-11(7-9-12)10-4-2-1-3-5-10/h1-23,31H;1-14H,19H2;1-9H. The molecule has 0 fully saturated rings. The zero-order chi connectivity index (χ0) is 44.5. The van der Waals surface area contributed by atoms with Crippen LogP contribution >= 0.6 is 15.9 Å². The van der Waals surface area contributed by atoms with Crippen molar-refractivity contribution in [2.24, 2.45) is 0 Å². The summed E-state index contributed by atoms with van der Waals surface area (Å²) < 4.78 is 1.12. The number of halogens is 1. The van der Waals surface area contributed by atoms with E-state index in [9.17, 15) is 0 Å². The molecule has 3 N–H and O–H groups in total. The summed E-state index contributed by atoms with van der Waals surface area (Å²) in [7, 11) is 0. The van der Waals surface area contributed by atoms with Gasteiger partial charge in [0.1, 0.15) is 0 Å². The van der Waals surface area contributed by atoms with E-state index in [0.29, 0.717) is 0 Å². The molecule has 4 nitrogen and oxygen atoms in total. The number of rotatable bonds is 10. The molecule has 0 heterocycles. The summed E-state index contributed by atoms with van der Waals surface area (Å²) in [5.74, 6) is 0. The Bertz CT molecular complexity index is 2860. The molecule has 0 aromatic heterocycles. The molecule has 10 aromatic rings. The summed E-state index contributed by atoms with van der Waals surface area (Å²) in [4.78, 5) is 4.46. The van der Waals surface area contributed by atoms with E-state index in [4.69, 9.17) is 5.73 Å². The fraction of sp³-hybridized carbons (Fsp3) is 0. The Labute approximate surface area is 391 Å². The third-order valence-electron chi connectivity index (χ3n) is 10.5. The molecular weight excluding hydrogens is 857 g/mol. The molecule has 0 atom stereocenters. The van der Waals surface area contributed by atoms with Crippen LogP contribution in [-0.2, 0) is 0 Å². The first-order valence-corrected chi connectivity index (χ1v) is 22.4. The maximum atomic E-state index is 5.93. The molecule has 65 heavy (non-hydrogen) atoms. The van der Waals surface area contributed by atoms with E-state index in [-0.39, 0.29) is 0 Å². The van der Waals surface area contributed by atoms with Crippen LogP contribution in [0.15, 0.2) is 284 Å². The molecule has 0 unspecified atom stereocenters. The lowest BCUT2D eigenvalue weighted by Gasteiger charge is -2.26. The van der Waals surface area contributed by atoms with Crippen molar-refractivity contribution in [3.05, 3.63) is 284 Å². The number of nitrogens with two attached hydrogens (primary N) is 1.